The number of hydrogen-bond donors (Lipinski definition) is 1. The van der Waals surface area contributed by atoms with E-state index < -0.39 is 5.97 Å². The molecule has 4 heteroatoms. The summed E-state index contributed by atoms with van der Waals surface area (Å²) in [5.74, 6) is 0.874. The minimum absolute atomic E-state index is 0.510. The lowest BCUT2D eigenvalue weighted by Crippen LogP contribution is -2.35. The number of carbonyl (C=O) groups is 1. The normalized spacial score (nSPS) is 24.9. The van der Waals surface area contributed by atoms with Crippen LogP contribution >= 0.6 is 11.8 Å². The van der Waals surface area contributed by atoms with Gasteiger partial charge in [0.05, 0.1) is 11.3 Å². The van der Waals surface area contributed by atoms with E-state index in [0.717, 1.165) is 28.8 Å². The number of rotatable bonds is 4. The van der Waals surface area contributed by atoms with Crippen LogP contribution in [0, 0.1) is 5.92 Å². The molecule has 1 N–H and O–H groups in total. The summed E-state index contributed by atoms with van der Waals surface area (Å²) in [5.41, 5.74) is 1.45. The number of thioether (sulfide) groups is 1. The lowest BCUT2D eigenvalue weighted by atomic mass is 9.85. The predicted molar refractivity (Wildman–Crippen MR) is 87.5 cm³/mol. The number of carboxylic acid groups (broad SMARTS) is 1. The highest BCUT2D eigenvalue weighted by Gasteiger charge is 2.37. The van der Waals surface area contributed by atoms with E-state index in [-0.39, 0.29) is 0 Å². The SMILES string of the molecule is CCSc1cccc(N2CCC3CCCCC32)c1C(=O)O. The van der Waals surface area contributed by atoms with Crippen LogP contribution in [0.2, 0.25) is 0 Å². The molecule has 1 aromatic rings. The fraction of sp³-hybridized carbons (Fsp3) is 0.588. The quantitative estimate of drug-likeness (QED) is 0.844. The first-order chi connectivity index (χ1) is 10.2. The second-order valence-electron chi connectivity index (χ2n) is 5.98. The molecule has 0 amide bonds. The summed E-state index contributed by atoms with van der Waals surface area (Å²) in [6, 6.07) is 6.50. The average Bonchev–Trinajstić information content (AvgIpc) is 2.91. The number of nitrogens with zero attached hydrogens (tertiary/aromatic N) is 1. The largest absolute Gasteiger partial charge is 0.478 e. The van der Waals surface area contributed by atoms with Gasteiger partial charge in [-0.15, -0.1) is 11.8 Å². The Balaban J connectivity index is 1.97. The van der Waals surface area contributed by atoms with Crippen molar-refractivity contribution in [2.24, 2.45) is 5.92 Å². The minimum atomic E-state index is -0.791. The zero-order chi connectivity index (χ0) is 14.8. The molecular formula is C17H23NO2S. The molecule has 1 aliphatic carbocycles. The van der Waals surface area contributed by atoms with Gasteiger partial charge in [-0.1, -0.05) is 25.8 Å². The van der Waals surface area contributed by atoms with Crippen molar-refractivity contribution in [2.45, 2.75) is 50.0 Å². The molecule has 0 spiro atoms. The van der Waals surface area contributed by atoms with Gasteiger partial charge in [0, 0.05) is 17.5 Å². The summed E-state index contributed by atoms with van der Waals surface area (Å²) in [5, 5.41) is 9.69. The van der Waals surface area contributed by atoms with Crippen LogP contribution in [-0.2, 0) is 0 Å². The Morgan fingerprint density at radius 2 is 2.14 bits per heavy atom. The smallest absolute Gasteiger partial charge is 0.338 e. The lowest BCUT2D eigenvalue weighted by molar-refractivity contribution is 0.0693. The van der Waals surface area contributed by atoms with Crippen molar-refractivity contribution in [2.75, 3.05) is 17.2 Å². The lowest BCUT2D eigenvalue weighted by Gasteiger charge is -2.34. The number of fused-ring (bicyclic) bond motifs is 1. The predicted octanol–water partition coefficient (Wildman–Crippen LogP) is 4.27. The van der Waals surface area contributed by atoms with Crippen LogP contribution in [0.4, 0.5) is 5.69 Å². The van der Waals surface area contributed by atoms with Crippen LogP contribution in [0.1, 0.15) is 49.4 Å². The van der Waals surface area contributed by atoms with Crippen molar-refractivity contribution >= 4 is 23.4 Å². The van der Waals surface area contributed by atoms with E-state index in [2.05, 4.69) is 11.8 Å². The van der Waals surface area contributed by atoms with Gasteiger partial charge in [-0.25, -0.2) is 4.79 Å². The minimum Gasteiger partial charge on any atom is -0.478 e. The Labute approximate surface area is 130 Å². The molecule has 1 saturated carbocycles. The van der Waals surface area contributed by atoms with Crippen molar-refractivity contribution in [1.29, 1.82) is 0 Å². The van der Waals surface area contributed by atoms with Crippen LogP contribution < -0.4 is 4.90 Å². The molecule has 1 aromatic carbocycles. The first-order valence-electron chi connectivity index (χ1n) is 7.98. The highest BCUT2D eigenvalue weighted by atomic mass is 32.2. The molecular weight excluding hydrogens is 282 g/mol. The summed E-state index contributed by atoms with van der Waals surface area (Å²) < 4.78 is 0. The molecule has 1 heterocycles. The molecule has 1 aliphatic heterocycles. The molecule has 2 aliphatic rings. The van der Waals surface area contributed by atoms with Gasteiger partial charge in [0.1, 0.15) is 0 Å². The fourth-order valence-electron chi connectivity index (χ4n) is 3.95. The van der Waals surface area contributed by atoms with Gasteiger partial charge in [-0.2, -0.15) is 0 Å². The van der Waals surface area contributed by atoms with E-state index in [1.807, 2.05) is 18.2 Å². The number of carboxylic acids is 1. The number of hydrogen-bond acceptors (Lipinski definition) is 3. The molecule has 2 unspecified atom stereocenters. The van der Waals surface area contributed by atoms with E-state index in [1.54, 1.807) is 11.8 Å². The summed E-state index contributed by atoms with van der Waals surface area (Å²) >= 11 is 1.63. The molecule has 21 heavy (non-hydrogen) atoms. The summed E-state index contributed by atoms with van der Waals surface area (Å²) in [4.78, 5) is 15.1. The van der Waals surface area contributed by atoms with Gasteiger partial charge in [0.15, 0.2) is 0 Å². The fourth-order valence-corrected chi connectivity index (χ4v) is 4.78. The topological polar surface area (TPSA) is 40.5 Å². The van der Waals surface area contributed by atoms with Crippen LogP contribution in [0.5, 0.6) is 0 Å². The molecule has 0 bridgehead atoms. The number of benzene rings is 1. The van der Waals surface area contributed by atoms with Crippen LogP contribution in [0.25, 0.3) is 0 Å². The molecule has 2 atom stereocenters. The standard InChI is InChI=1S/C17H23NO2S/c1-2-21-15-9-5-8-14(16(15)17(19)20)18-11-10-12-6-3-4-7-13(12)18/h5,8-9,12-13H,2-4,6-7,10-11H2,1H3,(H,19,20). The van der Waals surface area contributed by atoms with Crippen molar-refractivity contribution < 1.29 is 9.90 Å². The van der Waals surface area contributed by atoms with Gasteiger partial charge in [0.2, 0.25) is 0 Å². The molecule has 1 saturated heterocycles. The molecule has 3 nitrogen and oxygen atoms in total. The number of anilines is 1. The Morgan fingerprint density at radius 3 is 2.90 bits per heavy atom. The third-order valence-electron chi connectivity index (χ3n) is 4.84. The first kappa shape index (κ1) is 14.8. The van der Waals surface area contributed by atoms with Gasteiger partial charge in [0.25, 0.3) is 0 Å². The molecule has 0 aromatic heterocycles. The van der Waals surface area contributed by atoms with Crippen molar-refractivity contribution in [3.63, 3.8) is 0 Å². The Bertz CT molecular complexity index is 532. The average molecular weight is 305 g/mol. The first-order valence-corrected chi connectivity index (χ1v) is 8.96. The van der Waals surface area contributed by atoms with Crippen LogP contribution in [0.3, 0.4) is 0 Å². The van der Waals surface area contributed by atoms with E-state index >= 15 is 0 Å². The molecule has 0 radical (unpaired) electrons. The molecule has 2 fully saturated rings. The maximum atomic E-state index is 11.8. The van der Waals surface area contributed by atoms with E-state index in [4.69, 9.17) is 0 Å². The van der Waals surface area contributed by atoms with Crippen LogP contribution in [-0.4, -0.2) is 29.4 Å². The molecule has 114 valence electrons. The second-order valence-corrected chi connectivity index (χ2v) is 7.29. The Hall–Kier alpha value is -1.16. The van der Waals surface area contributed by atoms with Crippen molar-refractivity contribution in [3.8, 4) is 0 Å². The Kier molecular flexibility index (Phi) is 4.43. The van der Waals surface area contributed by atoms with Gasteiger partial charge in [-0.05, 0) is 43.1 Å². The van der Waals surface area contributed by atoms with Crippen molar-refractivity contribution in [1.82, 2.24) is 0 Å². The van der Waals surface area contributed by atoms with Crippen molar-refractivity contribution in [3.05, 3.63) is 23.8 Å². The third kappa shape index (κ3) is 2.78. The molecule has 3 rings (SSSR count). The second kappa shape index (κ2) is 6.30. The summed E-state index contributed by atoms with van der Waals surface area (Å²) in [6.45, 7) is 3.08. The highest BCUT2D eigenvalue weighted by molar-refractivity contribution is 7.99. The summed E-state index contributed by atoms with van der Waals surface area (Å²) in [6.07, 6.45) is 6.37. The van der Waals surface area contributed by atoms with E-state index in [1.165, 1.54) is 32.1 Å². The zero-order valence-corrected chi connectivity index (χ0v) is 13.4. The van der Waals surface area contributed by atoms with E-state index in [0.29, 0.717) is 11.6 Å². The monoisotopic (exact) mass is 305 g/mol. The summed E-state index contributed by atoms with van der Waals surface area (Å²) in [7, 11) is 0. The number of aromatic carboxylic acids is 1. The zero-order valence-electron chi connectivity index (χ0n) is 12.5. The highest BCUT2D eigenvalue weighted by Crippen LogP contribution is 2.41. The van der Waals surface area contributed by atoms with E-state index in [9.17, 15) is 9.90 Å². The van der Waals surface area contributed by atoms with Crippen LogP contribution in [0.15, 0.2) is 23.1 Å². The van der Waals surface area contributed by atoms with Gasteiger partial charge < -0.3 is 10.0 Å². The third-order valence-corrected chi connectivity index (χ3v) is 5.78. The maximum Gasteiger partial charge on any atom is 0.338 e. The van der Waals surface area contributed by atoms with Gasteiger partial charge in [-0.3, -0.25) is 0 Å². The maximum absolute atomic E-state index is 11.8. The Morgan fingerprint density at radius 1 is 1.33 bits per heavy atom. The van der Waals surface area contributed by atoms with Gasteiger partial charge >= 0.3 is 5.97 Å².